The molecule has 13 heteroatoms. The maximum absolute atomic E-state index is 15.6. The van der Waals surface area contributed by atoms with Gasteiger partial charge in [0.05, 0.1) is 24.5 Å². The number of benzene rings is 1. The van der Waals surface area contributed by atoms with Crippen LogP contribution in [0.5, 0.6) is 0 Å². The molecule has 5 rings (SSSR count). The average Bonchev–Trinajstić information content (AvgIpc) is 3.30. The molecule has 2 unspecified atom stereocenters. The number of alkyl halides is 5. The molecule has 1 saturated carbocycles. The number of aromatic nitrogens is 2. The quantitative estimate of drug-likeness (QED) is 0.380. The Labute approximate surface area is 228 Å². The fourth-order valence-corrected chi connectivity index (χ4v) is 4.98. The van der Waals surface area contributed by atoms with Crippen LogP contribution in [0, 0.1) is 6.92 Å². The second-order valence-electron chi connectivity index (χ2n) is 10.4. The van der Waals surface area contributed by atoms with E-state index in [1.807, 2.05) is 0 Å². The first-order valence-electron chi connectivity index (χ1n) is 13.2. The van der Waals surface area contributed by atoms with Crippen molar-refractivity contribution in [3.05, 3.63) is 52.5 Å². The van der Waals surface area contributed by atoms with E-state index in [1.54, 1.807) is 13.0 Å². The highest BCUT2D eigenvalue weighted by atomic mass is 19.3. The molecule has 1 amide bonds. The molecule has 1 aromatic heterocycles. The van der Waals surface area contributed by atoms with Gasteiger partial charge in [-0.1, -0.05) is 18.2 Å². The molecule has 3 atom stereocenters. The normalized spacial score (nSPS) is 22.4. The van der Waals surface area contributed by atoms with Crippen molar-refractivity contribution in [2.75, 3.05) is 25.1 Å². The molecule has 0 radical (unpaired) electrons. The molecule has 218 valence electrons. The minimum atomic E-state index is -3.19. The Kier molecular flexibility index (Phi) is 7.99. The first-order chi connectivity index (χ1) is 19.0. The average molecular weight is 571 g/mol. The highest BCUT2D eigenvalue weighted by Gasteiger charge is 2.53. The monoisotopic (exact) mass is 570 g/mol. The van der Waals surface area contributed by atoms with E-state index in [1.165, 1.54) is 25.1 Å². The number of halogens is 5. The van der Waals surface area contributed by atoms with Crippen molar-refractivity contribution in [3.8, 4) is 0 Å². The highest BCUT2D eigenvalue weighted by Crippen LogP contribution is 2.43. The predicted molar refractivity (Wildman–Crippen MR) is 133 cm³/mol. The van der Waals surface area contributed by atoms with Gasteiger partial charge in [0.2, 0.25) is 6.17 Å². The van der Waals surface area contributed by atoms with Crippen LogP contribution in [0.4, 0.5) is 27.8 Å². The van der Waals surface area contributed by atoms with Crippen LogP contribution < -0.4 is 10.6 Å². The summed E-state index contributed by atoms with van der Waals surface area (Å²) in [6, 6.07) is 5.29. The van der Waals surface area contributed by atoms with Crippen molar-refractivity contribution in [1.82, 2.24) is 15.3 Å². The van der Waals surface area contributed by atoms with Gasteiger partial charge in [-0.15, -0.1) is 0 Å². The van der Waals surface area contributed by atoms with E-state index in [9.17, 15) is 13.6 Å². The fourth-order valence-electron chi connectivity index (χ4n) is 4.98. The van der Waals surface area contributed by atoms with Gasteiger partial charge < -0.3 is 24.8 Å². The molecule has 0 bridgehead atoms. The van der Waals surface area contributed by atoms with Gasteiger partial charge in [-0.3, -0.25) is 4.79 Å². The third-order valence-electron chi connectivity index (χ3n) is 7.45. The Morgan fingerprint density at radius 3 is 2.45 bits per heavy atom. The maximum atomic E-state index is 15.6. The summed E-state index contributed by atoms with van der Waals surface area (Å²) in [5.41, 5.74) is -1.82. The lowest BCUT2D eigenvalue weighted by atomic mass is 9.97. The molecule has 0 spiro atoms. The van der Waals surface area contributed by atoms with Crippen LogP contribution in [0.1, 0.15) is 79.3 Å². The number of nitrogens with one attached hydrogen (secondary N) is 2. The van der Waals surface area contributed by atoms with E-state index in [2.05, 4.69) is 20.6 Å². The van der Waals surface area contributed by atoms with Gasteiger partial charge >= 0.3 is 0 Å². The molecule has 2 saturated heterocycles. The molecule has 1 aliphatic carbocycles. The van der Waals surface area contributed by atoms with Gasteiger partial charge in [-0.05, 0) is 51.2 Å². The Hall–Kier alpha value is -2.90. The largest absolute Gasteiger partial charge is 0.372 e. The zero-order valence-electron chi connectivity index (χ0n) is 22.1. The second-order valence-corrected chi connectivity index (χ2v) is 10.4. The zero-order valence-corrected chi connectivity index (χ0v) is 22.1. The summed E-state index contributed by atoms with van der Waals surface area (Å²) >= 11 is 0. The van der Waals surface area contributed by atoms with Crippen LogP contribution in [-0.4, -0.2) is 53.8 Å². The third-order valence-corrected chi connectivity index (χ3v) is 7.45. The van der Waals surface area contributed by atoms with Crippen LogP contribution in [0.2, 0.25) is 0 Å². The first kappa shape index (κ1) is 28.6. The number of carbonyl (C=O) groups is 1. The molecule has 2 aliphatic heterocycles. The lowest BCUT2D eigenvalue weighted by molar-refractivity contribution is -0.129. The van der Waals surface area contributed by atoms with E-state index in [0.29, 0.717) is 12.0 Å². The standard InChI is InChI=1S/C27H31F5N4O4/c1-14(16-5-3-6-17(13-16)27(31,32)18-7-4-10-38-18)33-22-19(24-39-11-12-40-24)21(34-15(2)35-22)20(28)23(37)36-26(8-9-26)25(29)30/h3,5-6,13-14,18,20,24-25H,4,7-12H2,1-2H3,(H,36,37)(H,33,34,35)/t14-,18?,20?/m1/s1. The molecular weight excluding hydrogens is 539 g/mol. The number of nitrogens with zero attached hydrogens (tertiary/aromatic N) is 2. The van der Waals surface area contributed by atoms with Gasteiger partial charge in [-0.25, -0.2) is 23.1 Å². The van der Waals surface area contributed by atoms with Crippen LogP contribution in [0.3, 0.4) is 0 Å². The molecule has 3 fully saturated rings. The summed E-state index contributed by atoms with van der Waals surface area (Å²) < 4.78 is 89.0. The maximum Gasteiger partial charge on any atom is 0.298 e. The number of hydrogen-bond donors (Lipinski definition) is 2. The molecule has 8 nitrogen and oxygen atoms in total. The fraction of sp³-hybridized carbons (Fsp3) is 0.593. The molecule has 40 heavy (non-hydrogen) atoms. The van der Waals surface area contributed by atoms with Gasteiger partial charge in [0.25, 0.3) is 18.3 Å². The van der Waals surface area contributed by atoms with Crippen LogP contribution in [-0.2, 0) is 24.9 Å². The summed E-state index contributed by atoms with van der Waals surface area (Å²) in [7, 11) is 0. The number of amides is 1. The van der Waals surface area contributed by atoms with E-state index in [0.717, 1.165) is 0 Å². The van der Waals surface area contributed by atoms with Gasteiger partial charge in [-0.2, -0.15) is 8.78 Å². The first-order valence-corrected chi connectivity index (χ1v) is 13.2. The van der Waals surface area contributed by atoms with E-state index in [-0.39, 0.29) is 67.5 Å². The van der Waals surface area contributed by atoms with E-state index < -0.39 is 48.4 Å². The van der Waals surface area contributed by atoms with Crippen LogP contribution in [0.15, 0.2) is 24.3 Å². The van der Waals surface area contributed by atoms with Gasteiger partial charge in [0, 0.05) is 18.2 Å². The number of rotatable bonds is 10. The van der Waals surface area contributed by atoms with Crippen molar-refractivity contribution >= 4 is 11.7 Å². The van der Waals surface area contributed by atoms with Crippen LogP contribution in [0.25, 0.3) is 0 Å². The minimum Gasteiger partial charge on any atom is -0.372 e. The number of carbonyl (C=O) groups excluding carboxylic acids is 1. The van der Waals surface area contributed by atoms with Gasteiger partial charge in [0.15, 0.2) is 6.29 Å². The van der Waals surface area contributed by atoms with Crippen molar-refractivity contribution in [1.29, 1.82) is 0 Å². The smallest absolute Gasteiger partial charge is 0.298 e. The number of ether oxygens (including phenoxy) is 3. The topological polar surface area (TPSA) is 94.6 Å². The summed E-state index contributed by atoms with van der Waals surface area (Å²) in [5, 5.41) is 5.22. The van der Waals surface area contributed by atoms with Crippen molar-refractivity contribution in [2.24, 2.45) is 0 Å². The lowest BCUT2D eigenvalue weighted by Gasteiger charge is -2.26. The molecular formula is C27H31F5N4O4. The van der Waals surface area contributed by atoms with Crippen molar-refractivity contribution in [3.63, 3.8) is 0 Å². The SMILES string of the molecule is Cc1nc(N[C@H](C)c2cccc(C(F)(F)C3CCCO3)c2)c(C2OCCO2)c(C(F)C(=O)NC2(C(F)F)CC2)n1. The molecule has 2 N–H and O–H groups in total. The lowest BCUT2D eigenvalue weighted by Crippen LogP contribution is -2.44. The zero-order chi connectivity index (χ0) is 28.7. The highest BCUT2D eigenvalue weighted by molar-refractivity contribution is 5.83. The van der Waals surface area contributed by atoms with Crippen LogP contribution >= 0.6 is 0 Å². The number of aryl methyl sites for hydroxylation is 1. The van der Waals surface area contributed by atoms with Crippen molar-refractivity contribution < 1.29 is 41.0 Å². The van der Waals surface area contributed by atoms with E-state index >= 15 is 13.2 Å². The Morgan fingerprint density at radius 1 is 1.10 bits per heavy atom. The number of anilines is 1. The summed E-state index contributed by atoms with van der Waals surface area (Å²) in [6.07, 6.45) is -6.66. The van der Waals surface area contributed by atoms with E-state index in [4.69, 9.17) is 14.2 Å². The molecule has 2 aromatic rings. The summed E-state index contributed by atoms with van der Waals surface area (Å²) in [5.74, 6) is -4.27. The Bertz CT molecular complexity index is 1230. The summed E-state index contributed by atoms with van der Waals surface area (Å²) in [4.78, 5) is 21.2. The Balaban J connectivity index is 1.44. The van der Waals surface area contributed by atoms with Crippen molar-refractivity contribution in [2.45, 2.75) is 82.0 Å². The minimum absolute atomic E-state index is 0.000309. The second kappa shape index (κ2) is 11.2. The molecule has 3 heterocycles. The molecule has 1 aromatic carbocycles. The Morgan fingerprint density at radius 2 is 1.82 bits per heavy atom. The number of hydrogen-bond acceptors (Lipinski definition) is 7. The van der Waals surface area contributed by atoms with Gasteiger partial charge in [0.1, 0.15) is 23.3 Å². The molecule has 3 aliphatic rings. The predicted octanol–water partition coefficient (Wildman–Crippen LogP) is 5.20. The summed E-state index contributed by atoms with van der Waals surface area (Å²) in [6.45, 7) is 3.85. The third kappa shape index (κ3) is 5.64.